The van der Waals surface area contributed by atoms with Gasteiger partial charge >= 0.3 is 0 Å². The normalized spacial score (nSPS) is 12.6. The zero-order valence-corrected chi connectivity index (χ0v) is 17.5. The Balaban J connectivity index is 0.00000441. The van der Waals surface area contributed by atoms with E-state index in [0.717, 1.165) is 24.6 Å². The van der Waals surface area contributed by atoms with E-state index >= 15 is 0 Å². The van der Waals surface area contributed by atoms with Crippen molar-refractivity contribution in [2.75, 3.05) is 7.05 Å². The van der Waals surface area contributed by atoms with Crippen molar-refractivity contribution in [3.8, 4) is 0 Å². The van der Waals surface area contributed by atoms with E-state index in [2.05, 4.69) is 46.8 Å². The van der Waals surface area contributed by atoms with Gasteiger partial charge in [-0.2, -0.15) is 0 Å². The molecule has 6 heteroatoms. The van der Waals surface area contributed by atoms with Crippen molar-refractivity contribution in [3.05, 3.63) is 16.1 Å². The van der Waals surface area contributed by atoms with E-state index in [4.69, 9.17) is 0 Å². The summed E-state index contributed by atoms with van der Waals surface area (Å²) in [5.41, 5.74) is 1.09. The molecule has 128 valence electrons. The monoisotopic (exact) mass is 438 g/mol. The highest BCUT2D eigenvalue weighted by Crippen LogP contribution is 2.09. The summed E-state index contributed by atoms with van der Waals surface area (Å²) in [4.78, 5) is 8.84. The Morgan fingerprint density at radius 1 is 1.32 bits per heavy atom. The number of aliphatic imine (C=N–C) groups is 1. The van der Waals surface area contributed by atoms with Gasteiger partial charge in [-0.05, 0) is 19.8 Å². The fourth-order valence-corrected chi connectivity index (χ4v) is 2.89. The summed E-state index contributed by atoms with van der Waals surface area (Å²) < 4.78 is 0. The molecular weight excluding hydrogens is 407 g/mol. The fraction of sp³-hybridized carbons (Fsp3) is 0.750. The zero-order chi connectivity index (χ0) is 15.5. The number of halogens is 1. The number of hydrogen-bond acceptors (Lipinski definition) is 3. The second-order valence-electron chi connectivity index (χ2n) is 5.41. The van der Waals surface area contributed by atoms with Crippen molar-refractivity contribution in [3.63, 3.8) is 0 Å². The van der Waals surface area contributed by atoms with Crippen LogP contribution < -0.4 is 10.6 Å². The SMILES string of the molecule is CCCCCCC(C)NC(=NC)NCc1csc(CC)n1.I. The molecule has 0 fully saturated rings. The minimum absolute atomic E-state index is 0. The van der Waals surface area contributed by atoms with Crippen LogP contribution in [0.1, 0.15) is 63.6 Å². The number of thiazole rings is 1. The van der Waals surface area contributed by atoms with E-state index in [1.165, 1.54) is 37.1 Å². The van der Waals surface area contributed by atoms with Crippen LogP contribution in [0.15, 0.2) is 10.4 Å². The first-order valence-corrected chi connectivity index (χ1v) is 8.98. The lowest BCUT2D eigenvalue weighted by Gasteiger charge is -2.17. The third-order valence-corrected chi connectivity index (χ3v) is 4.48. The second kappa shape index (κ2) is 13.1. The molecule has 0 aliphatic carbocycles. The van der Waals surface area contributed by atoms with Crippen LogP contribution in [0.25, 0.3) is 0 Å². The smallest absolute Gasteiger partial charge is 0.191 e. The van der Waals surface area contributed by atoms with Crippen molar-refractivity contribution in [1.82, 2.24) is 15.6 Å². The van der Waals surface area contributed by atoms with E-state index < -0.39 is 0 Å². The van der Waals surface area contributed by atoms with Crippen LogP contribution in [-0.2, 0) is 13.0 Å². The molecule has 0 radical (unpaired) electrons. The summed E-state index contributed by atoms with van der Waals surface area (Å²) >= 11 is 1.73. The first-order valence-electron chi connectivity index (χ1n) is 8.10. The van der Waals surface area contributed by atoms with E-state index in [1.54, 1.807) is 11.3 Å². The molecule has 0 bridgehead atoms. The molecule has 0 aliphatic rings. The largest absolute Gasteiger partial charge is 0.354 e. The molecule has 0 spiro atoms. The first-order chi connectivity index (χ1) is 10.2. The number of rotatable bonds is 9. The Kier molecular flexibility index (Phi) is 12.9. The molecule has 4 nitrogen and oxygen atoms in total. The molecule has 1 unspecified atom stereocenters. The highest BCUT2D eigenvalue weighted by Gasteiger charge is 2.06. The van der Waals surface area contributed by atoms with Gasteiger partial charge in [0, 0.05) is 18.5 Å². The maximum Gasteiger partial charge on any atom is 0.191 e. The van der Waals surface area contributed by atoms with Crippen LogP contribution in [-0.4, -0.2) is 24.0 Å². The van der Waals surface area contributed by atoms with Gasteiger partial charge in [-0.15, -0.1) is 35.3 Å². The summed E-state index contributed by atoms with van der Waals surface area (Å²) in [6.07, 6.45) is 7.43. The highest BCUT2D eigenvalue weighted by atomic mass is 127. The number of unbranched alkanes of at least 4 members (excludes halogenated alkanes) is 3. The summed E-state index contributed by atoms with van der Waals surface area (Å²) in [6.45, 7) is 7.34. The number of nitrogens with zero attached hydrogens (tertiary/aromatic N) is 2. The average molecular weight is 438 g/mol. The molecule has 1 atom stereocenters. The minimum Gasteiger partial charge on any atom is -0.354 e. The molecule has 1 rings (SSSR count). The topological polar surface area (TPSA) is 49.3 Å². The molecule has 1 aromatic rings. The Bertz CT molecular complexity index is 420. The molecule has 1 heterocycles. The van der Waals surface area contributed by atoms with Crippen molar-refractivity contribution >= 4 is 41.3 Å². The summed E-state index contributed by atoms with van der Waals surface area (Å²) in [5.74, 6) is 0.865. The van der Waals surface area contributed by atoms with Gasteiger partial charge < -0.3 is 10.6 Å². The summed E-state index contributed by atoms with van der Waals surface area (Å²) in [7, 11) is 1.82. The highest BCUT2D eigenvalue weighted by molar-refractivity contribution is 14.0. The lowest BCUT2D eigenvalue weighted by atomic mass is 10.1. The first kappa shape index (κ1) is 21.6. The van der Waals surface area contributed by atoms with Crippen LogP contribution in [0.3, 0.4) is 0 Å². The number of aromatic nitrogens is 1. The van der Waals surface area contributed by atoms with Crippen molar-refractivity contribution in [2.45, 2.75) is 71.9 Å². The van der Waals surface area contributed by atoms with Gasteiger partial charge in [0.05, 0.1) is 17.2 Å². The number of nitrogens with one attached hydrogen (secondary N) is 2. The minimum atomic E-state index is 0. The molecule has 0 saturated carbocycles. The van der Waals surface area contributed by atoms with Gasteiger partial charge in [-0.3, -0.25) is 4.99 Å². The Morgan fingerprint density at radius 3 is 2.68 bits per heavy atom. The zero-order valence-electron chi connectivity index (χ0n) is 14.3. The molecule has 2 N–H and O–H groups in total. The third kappa shape index (κ3) is 8.92. The van der Waals surface area contributed by atoms with Crippen LogP contribution in [0, 0.1) is 0 Å². The second-order valence-corrected chi connectivity index (χ2v) is 6.35. The lowest BCUT2D eigenvalue weighted by Crippen LogP contribution is -2.41. The van der Waals surface area contributed by atoms with Gasteiger partial charge in [-0.25, -0.2) is 4.98 Å². The molecule has 0 aliphatic heterocycles. The molecular formula is C16H31IN4S. The van der Waals surface area contributed by atoms with Crippen LogP contribution in [0.5, 0.6) is 0 Å². The van der Waals surface area contributed by atoms with Crippen LogP contribution in [0.4, 0.5) is 0 Å². The van der Waals surface area contributed by atoms with Gasteiger partial charge in [0.15, 0.2) is 5.96 Å². The molecule has 0 amide bonds. The van der Waals surface area contributed by atoms with Crippen LogP contribution >= 0.6 is 35.3 Å². The van der Waals surface area contributed by atoms with E-state index in [-0.39, 0.29) is 24.0 Å². The molecule has 1 aromatic heterocycles. The number of guanidine groups is 1. The molecule has 0 saturated heterocycles. The van der Waals surface area contributed by atoms with Crippen LogP contribution in [0.2, 0.25) is 0 Å². The quantitative estimate of drug-likeness (QED) is 0.261. The van der Waals surface area contributed by atoms with E-state index in [0.29, 0.717) is 6.04 Å². The third-order valence-electron chi connectivity index (χ3n) is 3.44. The number of aryl methyl sites for hydroxylation is 1. The fourth-order valence-electron chi connectivity index (χ4n) is 2.14. The predicted octanol–water partition coefficient (Wildman–Crippen LogP) is 4.35. The van der Waals surface area contributed by atoms with Crippen molar-refractivity contribution in [1.29, 1.82) is 0 Å². The standard InChI is InChI=1S/C16H30N4S.HI/c1-5-7-8-9-10-13(3)19-16(17-4)18-11-14-12-21-15(6-2)20-14;/h12-13H,5-11H2,1-4H3,(H2,17,18,19);1H. The lowest BCUT2D eigenvalue weighted by molar-refractivity contribution is 0.537. The average Bonchev–Trinajstić information content (AvgIpc) is 2.96. The van der Waals surface area contributed by atoms with Gasteiger partial charge in [0.2, 0.25) is 0 Å². The predicted molar refractivity (Wildman–Crippen MR) is 108 cm³/mol. The Morgan fingerprint density at radius 2 is 2.09 bits per heavy atom. The van der Waals surface area contributed by atoms with Crippen molar-refractivity contribution < 1.29 is 0 Å². The maximum absolute atomic E-state index is 4.56. The van der Waals surface area contributed by atoms with Gasteiger partial charge in [0.25, 0.3) is 0 Å². The molecule has 0 aromatic carbocycles. The molecule has 22 heavy (non-hydrogen) atoms. The van der Waals surface area contributed by atoms with E-state index in [9.17, 15) is 0 Å². The van der Waals surface area contributed by atoms with Crippen molar-refractivity contribution in [2.24, 2.45) is 4.99 Å². The summed E-state index contributed by atoms with van der Waals surface area (Å²) in [6, 6.07) is 0.453. The maximum atomic E-state index is 4.56. The summed E-state index contributed by atoms with van der Waals surface area (Å²) in [5, 5.41) is 10.1. The Hall–Kier alpha value is -0.370. The van der Waals surface area contributed by atoms with E-state index in [1.807, 2.05) is 7.05 Å². The Labute approximate surface area is 156 Å². The van der Waals surface area contributed by atoms with Gasteiger partial charge in [0.1, 0.15) is 0 Å². The number of hydrogen-bond donors (Lipinski definition) is 2. The van der Waals surface area contributed by atoms with Gasteiger partial charge in [-0.1, -0.05) is 39.5 Å².